The second-order valence-corrected chi connectivity index (χ2v) is 4.47. The van der Waals surface area contributed by atoms with Gasteiger partial charge < -0.3 is 0 Å². The fourth-order valence-corrected chi connectivity index (χ4v) is 1.38. The van der Waals surface area contributed by atoms with E-state index in [2.05, 4.69) is 34.8 Å². The Morgan fingerprint density at radius 2 is 2.00 bits per heavy atom. The zero-order valence-electron chi connectivity index (χ0n) is 8.01. The predicted octanol–water partition coefficient (Wildman–Crippen LogP) is 3.74. The molecule has 13 heavy (non-hydrogen) atoms. The third-order valence-electron chi connectivity index (χ3n) is 2.27. The minimum absolute atomic E-state index is 0.160. The van der Waals surface area contributed by atoms with Crippen LogP contribution in [0.4, 0.5) is 4.39 Å². The maximum atomic E-state index is 13.4. The Balaban J connectivity index is 3.01. The van der Waals surface area contributed by atoms with E-state index in [1.165, 1.54) is 6.07 Å². The molecule has 0 spiro atoms. The van der Waals surface area contributed by atoms with Crippen LogP contribution in [0.1, 0.15) is 32.4 Å². The van der Waals surface area contributed by atoms with Crippen molar-refractivity contribution in [2.75, 3.05) is 0 Å². The van der Waals surface area contributed by atoms with Crippen LogP contribution in [0.3, 0.4) is 0 Å². The highest BCUT2D eigenvalue weighted by Gasteiger charge is 2.15. The first kappa shape index (κ1) is 10.6. The Bertz CT molecular complexity index is 299. The van der Waals surface area contributed by atoms with E-state index in [-0.39, 0.29) is 11.7 Å². The molecular weight excluding hydrogens is 233 g/mol. The molecule has 0 fully saturated rings. The molecule has 1 rings (SSSR count). The normalized spacial score (nSPS) is 13.4. The first-order chi connectivity index (χ1) is 6.02. The van der Waals surface area contributed by atoms with Crippen LogP contribution in [-0.4, -0.2) is 4.98 Å². The Kier molecular flexibility index (Phi) is 3.42. The largest absolute Gasteiger partial charge is 0.257 e. The summed E-state index contributed by atoms with van der Waals surface area (Å²) in [4.78, 5) is 4.08. The van der Waals surface area contributed by atoms with Crippen LogP contribution in [0.25, 0.3) is 0 Å². The van der Waals surface area contributed by atoms with Crippen LogP contribution in [0.2, 0.25) is 0 Å². The fraction of sp³-hybridized carbons (Fsp3) is 0.500. The van der Waals surface area contributed by atoms with E-state index in [0.29, 0.717) is 16.1 Å². The molecule has 0 radical (unpaired) electrons. The van der Waals surface area contributed by atoms with Gasteiger partial charge in [0.15, 0.2) is 0 Å². The van der Waals surface area contributed by atoms with Gasteiger partial charge in [-0.05, 0) is 27.9 Å². The lowest BCUT2D eigenvalue weighted by molar-refractivity contribution is 0.487. The molecule has 0 aliphatic heterocycles. The molecule has 72 valence electrons. The summed E-state index contributed by atoms with van der Waals surface area (Å²) in [6, 6.07) is 1.46. The van der Waals surface area contributed by atoms with Gasteiger partial charge in [0, 0.05) is 16.6 Å². The standard InChI is InChI=1S/C10H13BrFN/c1-6(2)7(3)10-9(12)4-8(11)5-13-10/h4-7H,1-3H3. The number of aromatic nitrogens is 1. The highest BCUT2D eigenvalue weighted by molar-refractivity contribution is 9.10. The zero-order valence-corrected chi connectivity index (χ0v) is 9.60. The van der Waals surface area contributed by atoms with Crippen LogP contribution >= 0.6 is 15.9 Å². The topological polar surface area (TPSA) is 12.9 Å². The molecule has 3 heteroatoms. The molecule has 0 amide bonds. The van der Waals surface area contributed by atoms with Crippen molar-refractivity contribution in [1.29, 1.82) is 0 Å². The molecule has 1 aromatic heterocycles. The molecule has 1 unspecified atom stereocenters. The van der Waals surface area contributed by atoms with Crippen molar-refractivity contribution in [1.82, 2.24) is 4.98 Å². The molecule has 1 nitrogen and oxygen atoms in total. The van der Waals surface area contributed by atoms with Crippen LogP contribution in [0, 0.1) is 11.7 Å². The number of halogens is 2. The highest BCUT2D eigenvalue weighted by Crippen LogP contribution is 2.25. The number of hydrogen-bond donors (Lipinski definition) is 0. The second kappa shape index (κ2) is 4.18. The van der Waals surface area contributed by atoms with Gasteiger partial charge in [0.1, 0.15) is 5.82 Å². The zero-order chi connectivity index (χ0) is 10.0. The summed E-state index contributed by atoms with van der Waals surface area (Å²) in [5, 5.41) is 0. The SMILES string of the molecule is CC(C)C(C)c1ncc(Br)cc1F. The van der Waals surface area contributed by atoms with Gasteiger partial charge in [-0.2, -0.15) is 0 Å². The molecular formula is C10H13BrFN. The van der Waals surface area contributed by atoms with Gasteiger partial charge in [0.05, 0.1) is 5.69 Å². The summed E-state index contributed by atoms with van der Waals surface area (Å²) in [5.74, 6) is 0.340. The Morgan fingerprint density at radius 1 is 1.38 bits per heavy atom. The number of hydrogen-bond acceptors (Lipinski definition) is 1. The maximum absolute atomic E-state index is 13.4. The van der Waals surface area contributed by atoms with Gasteiger partial charge >= 0.3 is 0 Å². The summed E-state index contributed by atoms with van der Waals surface area (Å²) < 4.78 is 14.1. The van der Waals surface area contributed by atoms with Crippen molar-refractivity contribution in [3.8, 4) is 0 Å². The lowest BCUT2D eigenvalue weighted by Gasteiger charge is -2.15. The van der Waals surface area contributed by atoms with Gasteiger partial charge in [-0.1, -0.05) is 20.8 Å². The van der Waals surface area contributed by atoms with E-state index in [1.54, 1.807) is 6.20 Å². The summed E-state index contributed by atoms with van der Waals surface area (Å²) in [6.07, 6.45) is 1.64. The van der Waals surface area contributed by atoms with E-state index in [0.717, 1.165) is 0 Å². The van der Waals surface area contributed by atoms with Gasteiger partial charge in [-0.25, -0.2) is 4.39 Å². The van der Waals surface area contributed by atoms with Crippen molar-refractivity contribution < 1.29 is 4.39 Å². The van der Waals surface area contributed by atoms with Gasteiger partial charge in [-0.3, -0.25) is 4.98 Å². The molecule has 0 aromatic carbocycles. The predicted molar refractivity (Wildman–Crippen MR) is 55.1 cm³/mol. The maximum Gasteiger partial charge on any atom is 0.146 e. The van der Waals surface area contributed by atoms with Crippen molar-refractivity contribution in [3.05, 3.63) is 28.2 Å². The van der Waals surface area contributed by atoms with E-state index in [9.17, 15) is 4.39 Å². The van der Waals surface area contributed by atoms with Crippen LogP contribution in [0.15, 0.2) is 16.7 Å². The van der Waals surface area contributed by atoms with Crippen LogP contribution < -0.4 is 0 Å². The Labute approximate surface area is 86.5 Å². The van der Waals surface area contributed by atoms with Gasteiger partial charge in [0.25, 0.3) is 0 Å². The van der Waals surface area contributed by atoms with Gasteiger partial charge in [0.2, 0.25) is 0 Å². The Hall–Kier alpha value is -0.440. The number of pyridine rings is 1. The summed E-state index contributed by atoms with van der Waals surface area (Å²) in [5.41, 5.74) is 0.554. The quantitative estimate of drug-likeness (QED) is 0.774. The smallest absolute Gasteiger partial charge is 0.146 e. The molecule has 1 heterocycles. The third-order valence-corrected chi connectivity index (χ3v) is 2.70. The molecule has 0 saturated carbocycles. The average molecular weight is 246 g/mol. The lowest BCUT2D eigenvalue weighted by atomic mass is 9.94. The molecule has 0 aliphatic rings. The number of rotatable bonds is 2. The lowest BCUT2D eigenvalue weighted by Crippen LogP contribution is -2.06. The molecule has 0 bridgehead atoms. The molecule has 0 aliphatic carbocycles. The minimum atomic E-state index is -0.226. The van der Waals surface area contributed by atoms with E-state index >= 15 is 0 Å². The van der Waals surface area contributed by atoms with Crippen molar-refractivity contribution in [2.45, 2.75) is 26.7 Å². The van der Waals surface area contributed by atoms with Crippen molar-refractivity contribution in [3.63, 3.8) is 0 Å². The summed E-state index contributed by atoms with van der Waals surface area (Å²) >= 11 is 3.18. The monoisotopic (exact) mass is 245 g/mol. The van der Waals surface area contributed by atoms with Crippen molar-refractivity contribution in [2.24, 2.45) is 5.92 Å². The average Bonchev–Trinajstić information content (AvgIpc) is 2.03. The first-order valence-electron chi connectivity index (χ1n) is 4.33. The van der Waals surface area contributed by atoms with Crippen LogP contribution in [-0.2, 0) is 0 Å². The molecule has 1 atom stereocenters. The number of nitrogens with zero attached hydrogens (tertiary/aromatic N) is 1. The molecule has 0 N–H and O–H groups in total. The van der Waals surface area contributed by atoms with Crippen LogP contribution in [0.5, 0.6) is 0 Å². The van der Waals surface area contributed by atoms with E-state index in [4.69, 9.17) is 0 Å². The fourth-order valence-electron chi connectivity index (χ4n) is 1.08. The molecule has 1 aromatic rings. The Morgan fingerprint density at radius 3 is 2.46 bits per heavy atom. The second-order valence-electron chi connectivity index (χ2n) is 3.55. The summed E-state index contributed by atoms with van der Waals surface area (Å²) in [6.45, 7) is 6.12. The third kappa shape index (κ3) is 2.50. The van der Waals surface area contributed by atoms with Gasteiger partial charge in [-0.15, -0.1) is 0 Å². The highest BCUT2D eigenvalue weighted by atomic mass is 79.9. The minimum Gasteiger partial charge on any atom is -0.257 e. The van der Waals surface area contributed by atoms with E-state index in [1.807, 2.05) is 6.92 Å². The summed E-state index contributed by atoms with van der Waals surface area (Å²) in [7, 11) is 0. The molecule has 0 saturated heterocycles. The first-order valence-corrected chi connectivity index (χ1v) is 5.12. The van der Waals surface area contributed by atoms with E-state index < -0.39 is 0 Å². The van der Waals surface area contributed by atoms with Crippen molar-refractivity contribution >= 4 is 15.9 Å².